The summed E-state index contributed by atoms with van der Waals surface area (Å²) in [6.45, 7) is 0.380. The summed E-state index contributed by atoms with van der Waals surface area (Å²) in [5.74, 6) is -0.634. The van der Waals surface area contributed by atoms with Crippen LogP contribution in [0.4, 0.5) is 10.1 Å². The van der Waals surface area contributed by atoms with Gasteiger partial charge in [0.25, 0.3) is 5.91 Å². The molecular formula is C16H16ClFN2O3S. The Bertz CT molecular complexity index is 839. The zero-order valence-corrected chi connectivity index (χ0v) is 14.4. The van der Waals surface area contributed by atoms with E-state index in [9.17, 15) is 17.6 Å². The summed E-state index contributed by atoms with van der Waals surface area (Å²) in [5, 5.41) is 2.86. The molecule has 0 atom stereocenters. The molecule has 8 heteroatoms. The van der Waals surface area contributed by atoms with Crippen molar-refractivity contribution >= 4 is 33.2 Å². The summed E-state index contributed by atoms with van der Waals surface area (Å²) in [6.07, 6.45) is 1.58. The van der Waals surface area contributed by atoms with Crippen LogP contribution in [0.1, 0.15) is 15.9 Å². The molecule has 128 valence electrons. The monoisotopic (exact) mass is 370 g/mol. The second-order valence-corrected chi connectivity index (χ2v) is 7.36. The summed E-state index contributed by atoms with van der Waals surface area (Å²) in [5.41, 5.74) is 1.43. The Morgan fingerprint density at radius 1 is 1.17 bits per heavy atom. The van der Waals surface area contributed by atoms with E-state index < -0.39 is 10.0 Å². The highest BCUT2D eigenvalue weighted by molar-refractivity contribution is 7.92. The molecule has 5 nitrogen and oxygen atoms in total. The second-order valence-electron chi connectivity index (χ2n) is 5.20. The lowest BCUT2D eigenvalue weighted by atomic mass is 10.1. The number of carbonyl (C=O) groups is 1. The number of amides is 1. The van der Waals surface area contributed by atoms with Crippen molar-refractivity contribution in [1.29, 1.82) is 0 Å². The van der Waals surface area contributed by atoms with Crippen molar-refractivity contribution in [3.05, 3.63) is 64.4 Å². The Labute approximate surface area is 144 Å². The van der Waals surface area contributed by atoms with Crippen molar-refractivity contribution in [1.82, 2.24) is 5.32 Å². The van der Waals surface area contributed by atoms with Crippen LogP contribution in [0.15, 0.2) is 42.5 Å². The third-order valence-electron chi connectivity index (χ3n) is 3.14. The number of carbonyl (C=O) groups excluding carboxylic acids is 1. The lowest BCUT2D eigenvalue weighted by molar-refractivity contribution is 0.0954. The zero-order chi connectivity index (χ0) is 17.7. The van der Waals surface area contributed by atoms with E-state index in [-0.39, 0.29) is 22.4 Å². The van der Waals surface area contributed by atoms with Crippen molar-refractivity contribution in [2.24, 2.45) is 0 Å². The predicted molar refractivity (Wildman–Crippen MR) is 92.4 cm³/mol. The molecule has 2 aromatic rings. The maximum absolute atomic E-state index is 12.8. The number of nitrogens with one attached hydrogen (secondary N) is 2. The van der Waals surface area contributed by atoms with Crippen LogP contribution in [-0.4, -0.2) is 27.1 Å². The Morgan fingerprint density at radius 2 is 1.83 bits per heavy atom. The molecule has 0 saturated carbocycles. The van der Waals surface area contributed by atoms with Gasteiger partial charge in [-0.15, -0.1) is 0 Å². The van der Waals surface area contributed by atoms with Crippen LogP contribution in [0, 0.1) is 5.82 Å². The van der Waals surface area contributed by atoms with Crippen LogP contribution in [0.2, 0.25) is 5.02 Å². The molecule has 0 bridgehead atoms. The van der Waals surface area contributed by atoms with Gasteiger partial charge in [0.1, 0.15) is 5.82 Å². The first-order chi connectivity index (χ1) is 11.2. The molecule has 24 heavy (non-hydrogen) atoms. The summed E-state index contributed by atoms with van der Waals surface area (Å²) in [7, 11) is -3.44. The fourth-order valence-electron chi connectivity index (χ4n) is 2.01. The van der Waals surface area contributed by atoms with E-state index in [1.165, 1.54) is 30.3 Å². The van der Waals surface area contributed by atoms with Gasteiger partial charge in [0.15, 0.2) is 0 Å². The summed E-state index contributed by atoms with van der Waals surface area (Å²) in [4.78, 5) is 12.1. The smallest absolute Gasteiger partial charge is 0.251 e. The normalized spacial score (nSPS) is 11.1. The van der Waals surface area contributed by atoms with E-state index in [2.05, 4.69) is 10.0 Å². The molecule has 0 radical (unpaired) electrons. The quantitative estimate of drug-likeness (QED) is 0.821. The fourth-order valence-corrected chi connectivity index (χ4v) is 2.87. The molecule has 0 aliphatic rings. The molecule has 0 aliphatic heterocycles. The molecule has 0 spiro atoms. The number of sulfonamides is 1. The lowest BCUT2D eigenvalue weighted by Crippen LogP contribution is -2.25. The molecule has 0 saturated heterocycles. The third-order valence-corrected chi connectivity index (χ3v) is 4.04. The Hall–Kier alpha value is -2.12. The van der Waals surface area contributed by atoms with E-state index in [0.717, 1.165) is 11.8 Å². The Balaban J connectivity index is 1.94. The summed E-state index contributed by atoms with van der Waals surface area (Å²) >= 11 is 5.98. The van der Waals surface area contributed by atoms with Gasteiger partial charge >= 0.3 is 0 Å². The molecule has 1 amide bonds. The molecule has 0 aromatic heterocycles. The largest absolute Gasteiger partial charge is 0.352 e. The van der Waals surface area contributed by atoms with Gasteiger partial charge in [0, 0.05) is 12.1 Å². The number of rotatable bonds is 6. The van der Waals surface area contributed by atoms with Crippen LogP contribution in [0.3, 0.4) is 0 Å². The maximum Gasteiger partial charge on any atom is 0.251 e. The average Bonchev–Trinajstić information content (AvgIpc) is 2.50. The lowest BCUT2D eigenvalue weighted by Gasteiger charge is -2.09. The van der Waals surface area contributed by atoms with Crippen LogP contribution in [0.25, 0.3) is 0 Å². The van der Waals surface area contributed by atoms with Crippen molar-refractivity contribution in [3.63, 3.8) is 0 Å². The summed E-state index contributed by atoms with van der Waals surface area (Å²) < 4.78 is 37.5. The van der Waals surface area contributed by atoms with Gasteiger partial charge < -0.3 is 5.32 Å². The first-order valence-corrected chi connectivity index (χ1v) is 9.31. The Kier molecular flexibility index (Phi) is 5.80. The molecule has 0 fully saturated rings. The number of anilines is 1. The molecule has 0 heterocycles. The highest BCUT2D eigenvalue weighted by Crippen LogP contribution is 2.23. The number of benzene rings is 2. The van der Waals surface area contributed by atoms with Gasteiger partial charge in [-0.05, 0) is 42.3 Å². The SMILES string of the molecule is CS(=O)(=O)Nc1ccc(C(=O)NCCc2ccc(F)cc2)cc1Cl. The van der Waals surface area contributed by atoms with Crippen LogP contribution >= 0.6 is 11.6 Å². The minimum absolute atomic E-state index is 0.131. The van der Waals surface area contributed by atoms with Crippen molar-refractivity contribution < 1.29 is 17.6 Å². The van der Waals surface area contributed by atoms with E-state index in [0.29, 0.717) is 18.5 Å². The number of hydrogen-bond acceptors (Lipinski definition) is 3. The van der Waals surface area contributed by atoms with E-state index in [1.54, 1.807) is 12.1 Å². The van der Waals surface area contributed by atoms with Crippen LogP contribution in [0.5, 0.6) is 0 Å². The topological polar surface area (TPSA) is 75.3 Å². The fraction of sp³-hybridized carbons (Fsp3) is 0.188. The van der Waals surface area contributed by atoms with Gasteiger partial charge in [-0.25, -0.2) is 12.8 Å². The highest BCUT2D eigenvalue weighted by Gasteiger charge is 2.11. The first kappa shape index (κ1) is 18.2. The average molecular weight is 371 g/mol. The van der Waals surface area contributed by atoms with Gasteiger partial charge in [-0.1, -0.05) is 23.7 Å². The van der Waals surface area contributed by atoms with Gasteiger partial charge in [0.05, 0.1) is 17.0 Å². The van der Waals surface area contributed by atoms with Crippen LogP contribution in [-0.2, 0) is 16.4 Å². The molecule has 2 rings (SSSR count). The second kappa shape index (κ2) is 7.63. The molecule has 2 N–H and O–H groups in total. The number of halogens is 2. The van der Waals surface area contributed by atoms with Gasteiger partial charge in [-0.2, -0.15) is 0 Å². The van der Waals surface area contributed by atoms with Gasteiger partial charge in [0.2, 0.25) is 10.0 Å². The molecule has 0 unspecified atom stereocenters. The third kappa shape index (κ3) is 5.50. The standard InChI is InChI=1S/C16H16ClFN2O3S/c1-24(22,23)20-15-7-4-12(10-14(15)17)16(21)19-9-8-11-2-5-13(18)6-3-11/h2-7,10,20H,8-9H2,1H3,(H,19,21). The van der Waals surface area contributed by atoms with E-state index in [1.807, 2.05) is 0 Å². The van der Waals surface area contributed by atoms with Gasteiger partial charge in [-0.3, -0.25) is 9.52 Å². The van der Waals surface area contributed by atoms with Crippen molar-refractivity contribution in [3.8, 4) is 0 Å². The van der Waals surface area contributed by atoms with E-state index in [4.69, 9.17) is 11.6 Å². The molecular weight excluding hydrogens is 355 g/mol. The minimum atomic E-state index is -3.44. The minimum Gasteiger partial charge on any atom is -0.352 e. The first-order valence-electron chi connectivity index (χ1n) is 7.04. The molecule has 2 aromatic carbocycles. The number of hydrogen-bond donors (Lipinski definition) is 2. The van der Waals surface area contributed by atoms with Crippen LogP contribution < -0.4 is 10.0 Å². The molecule has 0 aliphatic carbocycles. The highest BCUT2D eigenvalue weighted by atomic mass is 35.5. The van der Waals surface area contributed by atoms with E-state index >= 15 is 0 Å². The van der Waals surface area contributed by atoms with Crippen molar-refractivity contribution in [2.75, 3.05) is 17.5 Å². The Morgan fingerprint density at radius 3 is 2.42 bits per heavy atom. The van der Waals surface area contributed by atoms with Crippen molar-refractivity contribution in [2.45, 2.75) is 6.42 Å². The zero-order valence-electron chi connectivity index (χ0n) is 12.8. The summed E-state index contributed by atoms with van der Waals surface area (Å²) in [6, 6.07) is 10.3. The predicted octanol–water partition coefficient (Wildman–Crippen LogP) is 2.82. The maximum atomic E-state index is 12.8.